The molecule has 1 aromatic carbocycles. The lowest BCUT2D eigenvalue weighted by Crippen LogP contribution is -2.35. The molecule has 2 nitrogen and oxygen atoms in total. The highest BCUT2D eigenvalue weighted by atomic mass is 19.1. The van der Waals surface area contributed by atoms with Crippen molar-refractivity contribution in [2.75, 3.05) is 17.7 Å². The summed E-state index contributed by atoms with van der Waals surface area (Å²) in [5.74, 6) is 0.557. The van der Waals surface area contributed by atoms with Crippen molar-refractivity contribution in [3.8, 4) is 0 Å². The minimum absolute atomic E-state index is 0.276. The van der Waals surface area contributed by atoms with Gasteiger partial charge in [0.1, 0.15) is 5.82 Å². The first-order valence-electron chi connectivity index (χ1n) is 6.90. The van der Waals surface area contributed by atoms with Gasteiger partial charge in [0.15, 0.2) is 0 Å². The molecule has 0 radical (unpaired) electrons. The zero-order valence-electron chi connectivity index (χ0n) is 11.3. The Morgan fingerprint density at radius 2 is 1.94 bits per heavy atom. The Labute approximate surface area is 109 Å². The third-order valence-electron chi connectivity index (χ3n) is 4.35. The minimum Gasteiger partial charge on any atom is -0.395 e. The largest absolute Gasteiger partial charge is 0.395 e. The van der Waals surface area contributed by atoms with Crippen molar-refractivity contribution in [3.63, 3.8) is 0 Å². The quantitative estimate of drug-likeness (QED) is 0.826. The molecule has 0 aliphatic heterocycles. The van der Waals surface area contributed by atoms with Gasteiger partial charge in [0.05, 0.1) is 11.4 Å². The molecule has 2 rings (SSSR count). The highest BCUT2D eigenvalue weighted by Gasteiger charge is 2.24. The van der Waals surface area contributed by atoms with Crippen molar-refractivity contribution < 1.29 is 4.39 Å². The Bertz CT molecular complexity index is 397. The van der Waals surface area contributed by atoms with Gasteiger partial charge in [-0.2, -0.15) is 0 Å². The molecule has 1 saturated carbocycles. The van der Waals surface area contributed by atoms with Gasteiger partial charge < -0.3 is 10.6 Å². The predicted octanol–water partition coefficient (Wildman–Crippen LogP) is 3.81. The number of nitrogens with two attached hydrogens (primary N) is 1. The lowest BCUT2D eigenvalue weighted by atomic mass is 9.84. The van der Waals surface area contributed by atoms with Crippen LogP contribution in [0.4, 0.5) is 15.8 Å². The summed E-state index contributed by atoms with van der Waals surface area (Å²) in [4.78, 5) is 2.16. The molecule has 1 fully saturated rings. The normalized spacial score (nSPS) is 23.9. The highest BCUT2D eigenvalue weighted by molar-refractivity contribution is 5.68. The van der Waals surface area contributed by atoms with E-state index < -0.39 is 0 Å². The van der Waals surface area contributed by atoms with E-state index in [1.54, 1.807) is 6.07 Å². The fourth-order valence-electron chi connectivity index (χ4n) is 2.97. The SMILES string of the molecule is CCC1CCC(N(C)c2cccc(F)c2N)CC1. The molecule has 0 spiro atoms. The number of hydrogen-bond acceptors (Lipinski definition) is 2. The van der Waals surface area contributed by atoms with E-state index in [9.17, 15) is 4.39 Å². The zero-order chi connectivity index (χ0) is 13.1. The second kappa shape index (κ2) is 5.59. The molecule has 18 heavy (non-hydrogen) atoms. The lowest BCUT2D eigenvalue weighted by molar-refractivity contribution is 0.313. The molecule has 0 amide bonds. The van der Waals surface area contributed by atoms with Gasteiger partial charge in [0.25, 0.3) is 0 Å². The molecule has 0 aromatic heterocycles. The molecule has 2 N–H and O–H groups in total. The van der Waals surface area contributed by atoms with Gasteiger partial charge in [-0.15, -0.1) is 0 Å². The van der Waals surface area contributed by atoms with Gasteiger partial charge in [0, 0.05) is 13.1 Å². The number of hydrogen-bond donors (Lipinski definition) is 1. The second-order valence-electron chi connectivity index (χ2n) is 5.37. The summed E-state index contributed by atoms with van der Waals surface area (Å²) in [5, 5.41) is 0. The Kier molecular flexibility index (Phi) is 4.10. The second-order valence-corrected chi connectivity index (χ2v) is 5.37. The first kappa shape index (κ1) is 13.2. The average Bonchev–Trinajstić information content (AvgIpc) is 2.41. The third kappa shape index (κ3) is 2.60. The van der Waals surface area contributed by atoms with Gasteiger partial charge in [0.2, 0.25) is 0 Å². The van der Waals surface area contributed by atoms with Crippen molar-refractivity contribution in [1.29, 1.82) is 0 Å². The van der Waals surface area contributed by atoms with Gasteiger partial charge in [-0.05, 0) is 43.7 Å². The molecule has 3 heteroatoms. The van der Waals surface area contributed by atoms with E-state index in [1.807, 2.05) is 13.1 Å². The van der Waals surface area contributed by atoms with Crippen LogP contribution in [-0.2, 0) is 0 Å². The van der Waals surface area contributed by atoms with E-state index in [4.69, 9.17) is 5.73 Å². The molecule has 100 valence electrons. The van der Waals surface area contributed by atoms with Crippen molar-refractivity contribution in [2.45, 2.75) is 45.1 Å². The van der Waals surface area contributed by atoms with Crippen LogP contribution in [-0.4, -0.2) is 13.1 Å². The molecule has 1 aliphatic rings. The van der Waals surface area contributed by atoms with Crippen LogP contribution in [0.25, 0.3) is 0 Å². The van der Waals surface area contributed by atoms with E-state index in [-0.39, 0.29) is 11.5 Å². The number of rotatable bonds is 3. The molecule has 1 aliphatic carbocycles. The molecule has 0 heterocycles. The van der Waals surface area contributed by atoms with E-state index >= 15 is 0 Å². The van der Waals surface area contributed by atoms with Crippen LogP contribution < -0.4 is 10.6 Å². The summed E-state index contributed by atoms with van der Waals surface area (Å²) in [6, 6.07) is 5.55. The topological polar surface area (TPSA) is 29.3 Å². The van der Waals surface area contributed by atoms with Crippen molar-refractivity contribution in [2.24, 2.45) is 5.92 Å². The van der Waals surface area contributed by atoms with Crippen molar-refractivity contribution in [3.05, 3.63) is 24.0 Å². The van der Waals surface area contributed by atoms with Crippen LogP contribution in [0.2, 0.25) is 0 Å². The standard InChI is InChI=1S/C15H23FN2/c1-3-11-7-9-12(10-8-11)18(2)14-6-4-5-13(16)15(14)17/h4-6,11-12H,3,7-10,17H2,1-2H3. The monoisotopic (exact) mass is 250 g/mol. The maximum atomic E-state index is 13.5. The number of benzene rings is 1. The van der Waals surface area contributed by atoms with E-state index in [0.29, 0.717) is 6.04 Å². The summed E-state index contributed by atoms with van der Waals surface area (Å²) in [6.45, 7) is 2.26. The fourth-order valence-corrected chi connectivity index (χ4v) is 2.97. The first-order chi connectivity index (χ1) is 8.63. The summed E-state index contributed by atoms with van der Waals surface area (Å²) in [5.41, 5.74) is 6.93. The van der Waals surface area contributed by atoms with Crippen molar-refractivity contribution >= 4 is 11.4 Å². The van der Waals surface area contributed by atoms with Crippen LogP contribution in [0, 0.1) is 11.7 Å². The van der Waals surface area contributed by atoms with Gasteiger partial charge >= 0.3 is 0 Å². The number of para-hydroxylation sites is 1. The molecule has 0 saturated heterocycles. The molecule has 0 atom stereocenters. The molecule has 0 unspecified atom stereocenters. The Hall–Kier alpha value is -1.25. The molecule has 1 aromatic rings. The van der Waals surface area contributed by atoms with E-state index in [2.05, 4.69) is 11.8 Å². The van der Waals surface area contributed by atoms with Crippen LogP contribution >= 0.6 is 0 Å². The molecule has 0 bridgehead atoms. The smallest absolute Gasteiger partial charge is 0.148 e. The van der Waals surface area contributed by atoms with Gasteiger partial charge in [-0.3, -0.25) is 0 Å². The maximum Gasteiger partial charge on any atom is 0.148 e. The zero-order valence-corrected chi connectivity index (χ0v) is 11.3. The summed E-state index contributed by atoms with van der Waals surface area (Å²) in [7, 11) is 2.03. The minimum atomic E-state index is -0.318. The molecular formula is C15H23FN2. The summed E-state index contributed by atoms with van der Waals surface area (Å²) >= 11 is 0. The highest BCUT2D eigenvalue weighted by Crippen LogP contribution is 2.33. The Morgan fingerprint density at radius 1 is 1.28 bits per heavy atom. The lowest BCUT2D eigenvalue weighted by Gasteiger charge is -2.36. The van der Waals surface area contributed by atoms with E-state index in [0.717, 1.165) is 11.6 Å². The van der Waals surface area contributed by atoms with Crippen molar-refractivity contribution in [1.82, 2.24) is 0 Å². The fraction of sp³-hybridized carbons (Fsp3) is 0.600. The predicted molar refractivity (Wildman–Crippen MR) is 75.3 cm³/mol. The Balaban J connectivity index is 2.08. The first-order valence-corrected chi connectivity index (χ1v) is 6.90. The van der Waals surface area contributed by atoms with Crippen LogP contribution in [0.1, 0.15) is 39.0 Å². The van der Waals surface area contributed by atoms with Gasteiger partial charge in [-0.1, -0.05) is 19.4 Å². The molecular weight excluding hydrogens is 227 g/mol. The summed E-state index contributed by atoms with van der Waals surface area (Å²) in [6.07, 6.45) is 6.20. The number of halogens is 1. The van der Waals surface area contributed by atoms with E-state index in [1.165, 1.54) is 38.2 Å². The third-order valence-corrected chi connectivity index (χ3v) is 4.35. The average molecular weight is 250 g/mol. The summed E-state index contributed by atoms with van der Waals surface area (Å²) < 4.78 is 13.5. The number of anilines is 2. The van der Waals surface area contributed by atoms with Crippen LogP contribution in [0.15, 0.2) is 18.2 Å². The van der Waals surface area contributed by atoms with Gasteiger partial charge in [-0.25, -0.2) is 4.39 Å². The number of nitrogens with zero attached hydrogens (tertiary/aromatic N) is 1. The maximum absolute atomic E-state index is 13.5. The van der Waals surface area contributed by atoms with Crippen LogP contribution in [0.3, 0.4) is 0 Å². The number of nitrogen functional groups attached to an aromatic ring is 1. The Morgan fingerprint density at radius 3 is 2.56 bits per heavy atom. The van der Waals surface area contributed by atoms with Crippen LogP contribution in [0.5, 0.6) is 0 Å².